The minimum absolute atomic E-state index is 0.00375. The third-order valence-electron chi connectivity index (χ3n) is 4.11. The first-order valence-electron chi connectivity index (χ1n) is 8.32. The molecule has 128 valence electrons. The second-order valence-corrected chi connectivity index (χ2v) is 6.04. The molecule has 3 aromatic rings. The van der Waals surface area contributed by atoms with Gasteiger partial charge in [-0.2, -0.15) is 5.10 Å². The normalized spacial score (nSPS) is 16.0. The Morgan fingerprint density at radius 2 is 1.96 bits per heavy atom. The predicted octanol–water partition coefficient (Wildman–Crippen LogP) is 2.41. The Morgan fingerprint density at radius 1 is 1.16 bits per heavy atom. The molecule has 0 bridgehead atoms. The number of hydrogen-bond acceptors (Lipinski definition) is 5. The van der Waals surface area contributed by atoms with E-state index in [1.54, 1.807) is 12.4 Å². The third-order valence-corrected chi connectivity index (χ3v) is 4.11. The number of hydrogen-bond donors (Lipinski definition) is 1. The molecule has 1 N–H and O–H groups in total. The Balaban J connectivity index is 1.38. The molecular weight excluding hydrogens is 316 g/mol. The Bertz CT molecular complexity index is 848. The summed E-state index contributed by atoms with van der Waals surface area (Å²) in [6.07, 6.45) is 5.60. The standard InChI is InChI=1S/C19H20N4O2/c1-23-12-15(19(22-23)14-6-8-20-9-7-14)10-21-11-16-13-24-17-4-2-3-5-18(17)25-16/h2-9,12,16,21H,10-11,13H2,1H3/t16-/m1/s1. The van der Waals surface area contributed by atoms with E-state index in [9.17, 15) is 0 Å². The van der Waals surface area contributed by atoms with Crippen molar-refractivity contribution in [2.24, 2.45) is 7.05 Å². The summed E-state index contributed by atoms with van der Waals surface area (Å²) in [5, 5.41) is 8.02. The summed E-state index contributed by atoms with van der Waals surface area (Å²) >= 11 is 0. The number of nitrogens with one attached hydrogen (secondary N) is 1. The molecule has 0 fully saturated rings. The van der Waals surface area contributed by atoms with Crippen molar-refractivity contribution < 1.29 is 9.47 Å². The van der Waals surface area contributed by atoms with Crippen molar-refractivity contribution in [2.75, 3.05) is 13.2 Å². The van der Waals surface area contributed by atoms with Gasteiger partial charge in [0, 0.05) is 49.9 Å². The van der Waals surface area contributed by atoms with Crippen LogP contribution in [0.3, 0.4) is 0 Å². The lowest BCUT2D eigenvalue weighted by Gasteiger charge is -2.26. The summed E-state index contributed by atoms with van der Waals surface area (Å²) in [7, 11) is 1.93. The van der Waals surface area contributed by atoms with E-state index in [1.807, 2.05) is 54.3 Å². The fourth-order valence-corrected chi connectivity index (χ4v) is 2.95. The summed E-state index contributed by atoms with van der Waals surface area (Å²) in [6, 6.07) is 11.7. The zero-order chi connectivity index (χ0) is 17.1. The smallest absolute Gasteiger partial charge is 0.161 e. The number of fused-ring (bicyclic) bond motifs is 1. The van der Waals surface area contributed by atoms with Crippen molar-refractivity contribution in [2.45, 2.75) is 12.6 Å². The SMILES string of the molecule is Cn1cc(CNC[C@@H]2COc3ccccc3O2)c(-c2ccncc2)n1. The number of pyridine rings is 1. The molecule has 1 aliphatic heterocycles. The maximum Gasteiger partial charge on any atom is 0.161 e. The van der Waals surface area contributed by atoms with Crippen molar-refractivity contribution in [3.63, 3.8) is 0 Å². The molecule has 4 rings (SSSR count). The van der Waals surface area contributed by atoms with Gasteiger partial charge in [-0.25, -0.2) is 0 Å². The van der Waals surface area contributed by atoms with E-state index >= 15 is 0 Å². The van der Waals surface area contributed by atoms with Gasteiger partial charge in [0.15, 0.2) is 11.5 Å². The molecule has 6 nitrogen and oxygen atoms in total. The van der Waals surface area contributed by atoms with Gasteiger partial charge in [-0.05, 0) is 24.3 Å². The molecule has 1 aliphatic rings. The lowest BCUT2D eigenvalue weighted by atomic mass is 10.1. The van der Waals surface area contributed by atoms with Crippen LogP contribution in [0.1, 0.15) is 5.56 Å². The van der Waals surface area contributed by atoms with Crippen LogP contribution in [0, 0.1) is 0 Å². The van der Waals surface area contributed by atoms with Gasteiger partial charge in [-0.1, -0.05) is 12.1 Å². The zero-order valence-electron chi connectivity index (χ0n) is 14.1. The summed E-state index contributed by atoms with van der Waals surface area (Å²) in [6.45, 7) is 1.97. The van der Waals surface area contributed by atoms with Gasteiger partial charge in [-0.15, -0.1) is 0 Å². The molecule has 2 aromatic heterocycles. The molecule has 0 spiro atoms. The topological polar surface area (TPSA) is 61.2 Å². The number of nitrogens with zero attached hydrogens (tertiary/aromatic N) is 3. The van der Waals surface area contributed by atoms with E-state index in [0.29, 0.717) is 19.7 Å². The van der Waals surface area contributed by atoms with Crippen molar-refractivity contribution in [1.82, 2.24) is 20.1 Å². The molecule has 0 saturated heterocycles. The fourth-order valence-electron chi connectivity index (χ4n) is 2.95. The third kappa shape index (κ3) is 3.49. The highest BCUT2D eigenvalue weighted by atomic mass is 16.6. The van der Waals surface area contributed by atoms with E-state index in [-0.39, 0.29) is 6.10 Å². The molecule has 25 heavy (non-hydrogen) atoms. The average molecular weight is 336 g/mol. The second-order valence-electron chi connectivity index (χ2n) is 6.04. The van der Waals surface area contributed by atoms with Crippen LogP contribution in [0.25, 0.3) is 11.3 Å². The van der Waals surface area contributed by atoms with Crippen LogP contribution in [0.15, 0.2) is 55.0 Å². The number of aryl methyl sites for hydroxylation is 1. The van der Waals surface area contributed by atoms with E-state index in [1.165, 1.54) is 0 Å². The van der Waals surface area contributed by atoms with Crippen LogP contribution in [-0.4, -0.2) is 34.0 Å². The number of rotatable bonds is 5. The predicted molar refractivity (Wildman–Crippen MR) is 94.5 cm³/mol. The van der Waals surface area contributed by atoms with Crippen molar-refractivity contribution in [3.05, 3.63) is 60.6 Å². The maximum absolute atomic E-state index is 5.97. The average Bonchev–Trinajstić information content (AvgIpc) is 3.03. The minimum atomic E-state index is -0.00375. The molecule has 3 heterocycles. The Labute approximate surface area is 146 Å². The first-order chi connectivity index (χ1) is 12.3. The highest BCUT2D eigenvalue weighted by Crippen LogP contribution is 2.30. The van der Waals surface area contributed by atoms with Gasteiger partial charge in [0.05, 0.1) is 5.69 Å². The van der Waals surface area contributed by atoms with Gasteiger partial charge in [0.25, 0.3) is 0 Å². The van der Waals surface area contributed by atoms with Gasteiger partial charge >= 0.3 is 0 Å². The first kappa shape index (κ1) is 15.7. The number of aromatic nitrogens is 3. The highest BCUT2D eigenvalue weighted by Gasteiger charge is 2.20. The number of benzene rings is 1. The van der Waals surface area contributed by atoms with Crippen LogP contribution in [0.5, 0.6) is 11.5 Å². The van der Waals surface area contributed by atoms with E-state index in [0.717, 1.165) is 28.3 Å². The van der Waals surface area contributed by atoms with E-state index in [4.69, 9.17) is 9.47 Å². The molecule has 6 heteroatoms. The summed E-state index contributed by atoms with van der Waals surface area (Å²) < 4.78 is 13.6. The first-order valence-corrected chi connectivity index (χ1v) is 8.32. The lowest BCUT2D eigenvalue weighted by molar-refractivity contribution is 0.0902. The Hall–Kier alpha value is -2.86. The Kier molecular flexibility index (Phi) is 4.35. The van der Waals surface area contributed by atoms with E-state index in [2.05, 4.69) is 15.4 Å². The van der Waals surface area contributed by atoms with Gasteiger partial charge in [-0.3, -0.25) is 9.67 Å². The van der Waals surface area contributed by atoms with Gasteiger partial charge in [0.1, 0.15) is 12.7 Å². The van der Waals surface area contributed by atoms with Crippen LogP contribution < -0.4 is 14.8 Å². The Morgan fingerprint density at radius 3 is 2.80 bits per heavy atom. The molecule has 0 aliphatic carbocycles. The molecule has 1 atom stereocenters. The minimum Gasteiger partial charge on any atom is -0.486 e. The van der Waals surface area contributed by atoms with Crippen molar-refractivity contribution in [1.29, 1.82) is 0 Å². The van der Waals surface area contributed by atoms with Crippen molar-refractivity contribution in [3.8, 4) is 22.8 Å². The van der Waals surface area contributed by atoms with Crippen LogP contribution in [-0.2, 0) is 13.6 Å². The molecule has 0 unspecified atom stereocenters. The molecular formula is C19H20N4O2. The van der Waals surface area contributed by atoms with Gasteiger partial charge in [0.2, 0.25) is 0 Å². The highest BCUT2D eigenvalue weighted by molar-refractivity contribution is 5.61. The second kappa shape index (κ2) is 6.94. The van der Waals surface area contributed by atoms with Crippen molar-refractivity contribution >= 4 is 0 Å². The van der Waals surface area contributed by atoms with Crippen LogP contribution >= 0.6 is 0 Å². The molecule has 1 aromatic carbocycles. The zero-order valence-corrected chi connectivity index (χ0v) is 14.1. The molecule has 0 saturated carbocycles. The molecule has 0 amide bonds. The van der Waals surface area contributed by atoms with Crippen LogP contribution in [0.4, 0.5) is 0 Å². The number of para-hydroxylation sites is 2. The van der Waals surface area contributed by atoms with Gasteiger partial charge < -0.3 is 14.8 Å². The largest absolute Gasteiger partial charge is 0.486 e. The summed E-state index contributed by atoms with van der Waals surface area (Å²) in [4.78, 5) is 4.07. The lowest BCUT2D eigenvalue weighted by Crippen LogP contribution is -2.38. The van der Waals surface area contributed by atoms with E-state index < -0.39 is 0 Å². The quantitative estimate of drug-likeness (QED) is 0.775. The monoisotopic (exact) mass is 336 g/mol. The molecule has 0 radical (unpaired) electrons. The summed E-state index contributed by atoms with van der Waals surface area (Å²) in [5.74, 6) is 1.62. The summed E-state index contributed by atoms with van der Waals surface area (Å²) in [5.41, 5.74) is 3.19. The maximum atomic E-state index is 5.97. The fraction of sp³-hybridized carbons (Fsp3) is 0.263. The number of ether oxygens (including phenoxy) is 2. The van der Waals surface area contributed by atoms with Crippen LogP contribution in [0.2, 0.25) is 0 Å².